The Morgan fingerprint density at radius 1 is 0.504 bits per heavy atom. The van der Waals surface area contributed by atoms with Crippen molar-refractivity contribution in [3.8, 4) is 11.5 Å². The van der Waals surface area contributed by atoms with E-state index in [2.05, 4.69) is 47.2 Å². The average molecular weight is 1720 g/mol. The zero-order valence-corrected chi connectivity index (χ0v) is 74.2. The highest BCUT2D eigenvalue weighted by Crippen LogP contribution is 2.36. The molecule has 0 spiro atoms. The van der Waals surface area contributed by atoms with Crippen LogP contribution in [0.25, 0.3) is 21.5 Å². The summed E-state index contributed by atoms with van der Waals surface area (Å²) in [4.78, 5) is 182. The van der Waals surface area contributed by atoms with Crippen molar-refractivity contribution in [2.24, 2.45) is 16.7 Å². The van der Waals surface area contributed by atoms with Crippen molar-refractivity contribution < 1.29 is 86.0 Å². The fraction of sp³-hybridized carbons (Fsp3) is 0.478. The van der Waals surface area contributed by atoms with Gasteiger partial charge in [-0.1, -0.05) is 161 Å². The fourth-order valence-electron chi connectivity index (χ4n) is 15.3. The van der Waals surface area contributed by atoms with Gasteiger partial charge in [0.2, 0.25) is 41.4 Å². The number of methoxy groups -OCH3 is 2. The predicted molar refractivity (Wildman–Crippen MR) is 460 cm³/mol. The summed E-state index contributed by atoms with van der Waals surface area (Å²) in [5.41, 5.74) is -1.05. The van der Waals surface area contributed by atoms with E-state index in [-0.39, 0.29) is 69.7 Å². The van der Waals surface area contributed by atoms with Crippen molar-refractivity contribution in [2.45, 2.75) is 226 Å². The Morgan fingerprint density at radius 3 is 1.33 bits per heavy atom. The molecule has 6 aromatic carbocycles. The molecular formula is C92H115N15O18. The number of esters is 2. The minimum Gasteiger partial charge on any atom is -0.487 e. The molecule has 5 N–H and O–H groups in total. The molecule has 9 amide bonds. The van der Waals surface area contributed by atoms with Crippen molar-refractivity contribution in [2.75, 3.05) is 41.4 Å². The van der Waals surface area contributed by atoms with Crippen molar-refractivity contribution in [1.82, 2.24) is 76.2 Å². The van der Waals surface area contributed by atoms with Crippen LogP contribution in [0.5, 0.6) is 11.5 Å². The summed E-state index contributed by atoms with van der Waals surface area (Å²) in [6.07, 6.45) is 0.904. The Balaban J connectivity index is 0.947. The summed E-state index contributed by atoms with van der Waals surface area (Å²) in [7, 11) is 5.19. The summed E-state index contributed by atoms with van der Waals surface area (Å²) >= 11 is 0. The first kappa shape index (κ1) is 92.9. The van der Waals surface area contributed by atoms with Gasteiger partial charge < -0.3 is 64.8 Å². The number of fused-ring (bicyclic) bond motifs is 2. The van der Waals surface area contributed by atoms with Crippen molar-refractivity contribution >= 4 is 92.8 Å². The van der Waals surface area contributed by atoms with Crippen molar-refractivity contribution in [3.05, 3.63) is 179 Å². The third-order valence-electron chi connectivity index (χ3n) is 22.6. The number of nitrogens with one attached hydrogen (secondary N) is 5. The van der Waals surface area contributed by atoms with E-state index in [1.807, 2.05) is 84.9 Å². The smallest absolute Gasteiger partial charge is 0.410 e. The lowest BCUT2D eigenvalue weighted by Crippen LogP contribution is -2.61. The van der Waals surface area contributed by atoms with Gasteiger partial charge in [-0.2, -0.15) is 0 Å². The van der Waals surface area contributed by atoms with Gasteiger partial charge in [-0.25, -0.2) is 23.7 Å². The number of aromatic nitrogens is 6. The molecule has 8 heterocycles. The van der Waals surface area contributed by atoms with E-state index >= 15 is 28.8 Å². The molecule has 125 heavy (non-hydrogen) atoms. The normalized spacial score (nSPS) is 20.5. The second-order valence-corrected chi connectivity index (χ2v) is 36.6. The Kier molecular flexibility index (Phi) is 28.9. The topological polar surface area (TPSA) is 395 Å². The van der Waals surface area contributed by atoms with Gasteiger partial charge in [-0.05, 0) is 147 Å². The van der Waals surface area contributed by atoms with Gasteiger partial charge >= 0.3 is 24.1 Å². The van der Waals surface area contributed by atoms with Crippen LogP contribution in [0.2, 0.25) is 0 Å². The fourth-order valence-corrected chi connectivity index (χ4v) is 15.3. The monoisotopic (exact) mass is 1720 g/mol. The molecule has 0 unspecified atom stereocenters. The van der Waals surface area contributed by atoms with Crippen LogP contribution < -0.4 is 36.1 Å². The Bertz CT molecular complexity index is 5290. The highest BCUT2D eigenvalue weighted by atomic mass is 16.6. The number of nitrogens with zero attached hydrogens (tertiary/aromatic N) is 10. The molecule has 0 aliphatic carbocycles. The van der Waals surface area contributed by atoms with E-state index in [1.165, 1.54) is 54.2 Å². The number of ketones is 1. The molecule has 2 aromatic heterocycles. The van der Waals surface area contributed by atoms with Gasteiger partial charge in [0.05, 0.1) is 50.7 Å². The van der Waals surface area contributed by atoms with Crippen LogP contribution >= 0.6 is 0 Å². The molecule has 2 fully saturated rings. The SMILES string of the molecule is COC(=O)[C@H]1CC(=O)[C@H](Cc2ccc3ccccc3c2)NC(=O)[C@@H]2C[C@@H](CN2C(=O)[C@@H](NC(=O)[C@H](C)N(C)C(=O)OC(C)(C)C)C(C)(C)C)n2cc(nn2)COc2ccc(cc2)[C@@H](C(=O)OC)NC(=O)[C@H](Cc2ccc3ccccc3c2)NC(=O)[C@@H]2C[C@@H](CN2C(=O)[C@@H](NC(=O)[C@H](C)N(C)C(=O)OC(C)(C)C)C(C)(C)C)n2cc(nn2)COc2ccc(cc2)C1. The van der Waals surface area contributed by atoms with Crippen LogP contribution in [-0.2, 0) is 99.4 Å². The number of carbonyl (C=O) groups is 12. The van der Waals surface area contributed by atoms with Crippen LogP contribution in [0, 0.1) is 16.7 Å². The molecular weight excluding hydrogens is 1600 g/mol. The third-order valence-corrected chi connectivity index (χ3v) is 22.6. The molecule has 2 saturated heterocycles. The number of likely N-dealkylation sites (tertiary alicyclic amines) is 2. The van der Waals surface area contributed by atoms with Gasteiger partial charge in [0.1, 0.15) is 89.6 Å². The maximum Gasteiger partial charge on any atom is 0.410 e. The zero-order valence-electron chi connectivity index (χ0n) is 74.2. The molecule has 8 aromatic rings. The minimum absolute atomic E-state index is 0.00107. The number of amides is 9. The first-order chi connectivity index (χ1) is 58.9. The lowest BCUT2D eigenvalue weighted by Gasteiger charge is -2.37. The van der Waals surface area contributed by atoms with Crippen LogP contribution in [-0.4, -0.2) is 222 Å². The molecule has 33 heteroatoms. The number of benzene rings is 6. The highest BCUT2D eigenvalue weighted by Gasteiger charge is 2.50. The van der Waals surface area contributed by atoms with Gasteiger partial charge in [0, 0.05) is 52.9 Å². The van der Waals surface area contributed by atoms with Crippen molar-refractivity contribution in [3.63, 3.8) is 0 Å². The number of Topliss-reactive ketones (excluding diaryl/α,β-unsaturated/α-hetero) is 1. The largest absolute Gasteiger partial charge is 0.487 e. The molecule has 666 valence electrons. The lowest BCUT2D eigenvalue weighted by atomic mass is 9.85. The molecule has 6 aliphatic rings. The summed E-state index contributed by atoms with van der Waals surface area (Å²) in [5.74, 6) is -7.55. The van der Waals surface area contributed by atoms with E-state index in [0.29, 0.717) is 33.8 Å². The Morgan fingerprint density at radius 2 is 0.912 bits per heavy atom. The Hall–Kier alpha value is -12.8. The first-order valence-electron chi connectivity index (χ1n) is 41.9. The van der Waals surface area contributed by atoms with E-state index in [4.69, 9.17) is 28.4 Å². The van der Waals surface area contributed by atoms with E-state index in [9.17, 15) is 28.8 Å². The zero-order chi connectivity index (χ0) is 90.9. The molecule has 14 rings (SSSR count). The highest BCUT2D eigenvalue weighted by molar-refractivity contribution is 5.99. The van der Waals surface area contributed by atoms with Crippen LogP contribution in [0.15, 0.2) is 146 Å². The number of ether oxygens (including phenoxy) is 6. The quantitative estimate of drug-likeness (QED) is 0.0500. The van der Waals surface area contributed by atoms with Crippen LogP contribution in [0.1, 0.15) is 168 Å². The number of hydrogen-bond donors (Lipinski definition) is 5. The maximum atomic E-state index is 15.7. The number of hydrogen-bond acceptors (Lipinski definition) is 22. The molecule has 6 aliphatic heterocycles. The van der Waals surface area contributed by atoms with E-state index in [0.717, 1.165) is 38.5 Å². The van der Waals surface area contributed by atoms with Crippen LogP contribution in [0.3, 0.4) is 0 Å². The van der Waals surface area contributed by atoms with Gasteiger partial charge in [-0.3, -0.25) is 53.0 Å². The number of rotatable bonds is 14. The van der Waals surface area contributed by atoms with Crippen LogP contribution in [0.4, 0.5) is 9.59 Å². The second kappa shape index (κ2) is 38.9. The second-order valence-electron chi connectivity index (χ2n) is 36.6. The minimum atomic E-state index is -1.48. The summed E-state index contributed by atoms with van der Waals surface area (Å²) in [6, 6.07) is 26.1. The molecule has 0 saturated carbocycles. The Labute approximate surface area is 726 Å². The summed E-state index contributed by atoms with van der Waals surface area (Å²) in [6.45, 7) is 22.9. The molecule has 33 nitrogen and oxygen atoms in total. The standard InChI is InChI=1S/C92H115N15O18/c1-53(102(15)87(118)124-91(9,10)11)78(109)96-76(89(3,4)5)83(114)104-49-66-45-72(104)81(112)93-70(42-56-27-31-58-23-19-21-25-61(58)40-56)74(108)44-63(85(116)120-17)39-55-29-35-68(36-30-55)122-51-64-47-107(100-98-64)67-46-73(105(50-67)84(115)77(90(6,7)8)97-79(110)54(2)103(16)88(119)125-92(12,13)14)82(113)94-71(43-57-28-32-59-24-20-22-26-62(59)41-57)80(111)95-75(86(117)121-18)60-33-37-69(38-34-60)123-52-65-48-106(66)101-99-65/h19-38,40-41,47-48,53-54,63,66-67,70-73,75-77H,39,42-46,49-52H2,1-18H3,(H,93,112)(H,94,113)(H,95,111)(H,96,109)(H,97,110)/t53-,54-,63+,66-,67-,70-,71-,72-,73-,75-,76+,77+/m0/s1. The summed E-state index contributed by atoms with van der Waals surface area (Å²) in [5, 5.41) is 36.0. The number of carbonyl (C=O) groups excluding carboxylic acids is 12. The predicted octanol–water partition coefficient (Wildman–Crippen LogP) is 8.98. The van der Waals surface area contributed by atoms with Gasteiger partial charge in [0.25, 0.3) is 0 Å². The molecule has 12 bridgehead atoms. The first-order valence-corrected chi connectivity index (χ1v) is 41.9. The molecule has 0 radical (unpaired) electrons. The van der Waals surface area contributed by atoms with Crippen molar-refractivity contribution in [1.29, 1.82) is 0 Å². The lowest BCUT2D eigenvalue weighted by molar-refractivity contribution is -0.147. The average Bonchev–Trinajstić information content (AvgIpc) is 1.65. The van der Waals surface area contributed by atoms with Gasteiger partial charge in [-0.15, -0.1) is 10.2 Å². The van der Waals surface area contributed by atoms with Gasteiger partial charge in [0.15, 0.2) is 11.8 Å². The summed E-state index contributed by atoms with van der Waals surface area (Å²) < 4.78 is 37.4. The maximum absolute atomic E-state index is 15.7. The number of likely N-dealkylation sites (N-methyl/N-ethyl adjacent to an activating group) is 2. The molecule has 12 atom stereocenters. The third kappa shape index (κ3) is 23.6. The van der Waals surface area contributed by atoms with E-state index < -0.39 is 172 Å². The van der Waals surface area contributed by atoms with E-state index in [1.54, 1.807) is 144 Å².